The standard InChI is InChI=1S/C23H25ClFN3O3.C6H8O7/c1-27-20-5-2-16(25)12-18(20)23(22(27)31)6-8-28(9-7-23)13-15(21(26)30)10-14-11-17(29)3-4-19(14)24;7-3(8)1-6(13,5(11)12)2-4(9)10/h2-5,11-12,15,29H,6-10,13H2,1H3,(H2,26,30);13H,1-2H2,(H,7,8)(H,9,10)(H,11,12). The number of hydrogen-bond acceptors (Lipinski definition) is 8. The lowest BCUT2D eigenvalue weighted by Gasteiger charge is -2.39. The van der Waals surface area contributed by atoms with E-state index in [2.05, 4.69) is 4.90 Å². The number of carboxylic acid groups (broad SMARTS) is 3. The van der Waals surface area contributed by atoms with Crippen molar-refractivity contribution in [1.82, 2.24) is 4.90 Å². The molecule has 2 aromatic carbocycles. The quantitative estimate of drug-likeness (QED) is 0.220. The van der Waals surface area contributed by atoms with Crippen molar-refractivity contribution in [3.8, 4) is 5.75 Å². The molecule has 0 saturated carbocycles. The molecule has 1 saturated heterocycles. The summed E-state index contributed by atoms with van der Waals surface area (Å²) in [6.45, 7) is 1.61. The van der Waals surface area contributed by atoms with Gasteiger partial charge in [-0.15, -0.1) is 0 Å². The van der Waals surface area contributed by atoms with E-state index >= 15 is 0 Å². The topological polar surface area (TPSA) is 219 Å². The van der Waals surface area contributed by atoms with E-state index in [-0.39, 0.29) is 17.5 Å². The molecule has 2 aliphatic heterocycles. The summed E-state index contributed by atoms with van der Waals surface area (Å²) in [6, 6.07) is 9.14. The number of benzene rings is 2. The molecule has 1 atom stereocenters. The van der Waals surface area contributed by atoms with Crippen molar-refractivity contribution in [2.45, 2.75) is 43.1 Å². The molecular formula is C29H33ClFN3O10. The molecular weight excluding hydrogens is 605 g/mol. The normalized spacial score (nSPS) is 16.5. The summed E-state index contributed by atoms with van der Waals surface area (Å²) in [5.74, 6) is -6.22. The van der Waals surface area contributed by atoms with Crippen LogP contribution in [0.1, 0.15) is 36.8 Å². The number of primary amides is 1. The summed E-state index contributed by atoms with van der Waals surface area (Å²) < 4.78 is 13.9. The van der Waals surface area contributed by atoms with Crippen molar-refractivity contribution in [3.05, 3.63) is 58.4 Å². The summed E-state index contributed by atoms with van der Waals surface area (Å²) in [6.07, 6.45) is -0.876. The lowest BCUT2D eigenvalue weighted by atomic mass is 9.73. The highest BCUT2D eigenvalue weighted by Crippen LogP contribution is 2.47. The molecule has 7 N–H and O–H groups in total. The number of aliphatic hydroxyl groups is 1. The number of piperidine rings is 1. The minimum absolute atomic E-state index is 0.00857. The number of nitrogens with zero attached hydrogens (tertiary/aromatic N) is 2. The van der Waals surface area contributed by atoms with Crippen LogP contribution in [-0.4, -0.2) is 92.4 Å². The Morgan fingerprint density at radius 3 is 2.16 bits per heavy atom. The molecule has 0 aliphatic carbocycles. The third-order valence-electron chi connectivity index (χ3n) is 7.92. The molecule has 0 bridgehead atoms. The van der Waals surface area contributed by atoms with Crippen LogP contribution in [0, 0.1) is 11.7 Å². The van der Waals surface area contributed by atoms with Crippen LogP contribution >= 0.6 is 11.6 Å². The Morgan fingerprint density at radius 1 is 1.05 bits per heavy atom. The number of halogens is 2. The Hall–Kier alpha value is -4.27. The van der Waals surface area contributed by atoms with Gasteiger partial charge in [0.1, 0.15) is 11.6 Å². The van der Waals surface area contributed by atoms with Gasteiger partial charge in [-0.1, -0.05) is 11.6 Å². The van der Waals surface area contributed by atoms with Crippen LogP contribution in [0.3, 0.4) is 0 Å². The second-order valence-corrected chi connectivity index (χ2v) is 11.4. The van der Waals surface area contributed by atoms with Gasteiger partial charge in [0.2, 0.25) is 11.8 Å². The predicted octanol–water partition coefficient (Wildman–Crippen LogP) is 1.59. The maximum Gasteiger partial charge on any atom is 0.336 e. The van der Waals surface area contributed by atoms with Gasteiger partial charge >= 0.3 is 17.9 Å². The molecule has 2 heterocycles. The molecule has 0 aromatic heterocycles. The highest BCUT2D eigenvalue weighted by molar-refractivity contribution is 6.31. The fourth-order valence-corrected chi connectivity index (χ4v) is 5.79. The number of hydrogen-bond donors (Lipinski definition) is 6. The van der Waals surface area contributed by atoms with E-state index in [1.165, 1.54) is 18.2 Å². The number of amides is 2. The number of phenols is 1. The number of fused-ring (bicyclic) bond motifs is 2. The first-order valence-electron chi connectivity index (χ1n) is 13.5. The Balaban J connectivity index is 0.000000345. The van der Waals surface area contributed by atoms with Gasteiger partial charge in [0.15, 0.2) is 5.60 Å². The molecule has 1 spiro atoms. The number of nitrogens with two attached hydrogens (primary N) is 1. The summed E-state index contributed by atoms with van der Waals surface area (Å²) in [5.41, 5.74) is 4.36. The molecule has 1 unspecified atom stereocenters. The number of phenolic OH excluding ortho intramolecular Hbond substituents is 1. The highest BCUT2D eigenvalue weighted by atomic mass is 35.5. The van der Waals surface area contributed by atoms with E-state index < -0.39 is 53.6 Å². The van der Waals surface area contributed by atoms with Crippen molar-refractivity contribution in [1.29, 1.82) is 0 Å². The SMILES string of the molecule is CN1C(=O)C2(CCN(CC(Cc3cc(O)ccc3Cl)C(N)=O)CC2)c2cc(F)ccc21.O=C(O)CC(O)(CC(=O)O)C(=O)O. The molecule has 2 amide bonds. The monoisotopic (exact) mass is 637 g/mol. The van der Waals surface area contributed by atoms with Gasteiger partial charge < -0.3 is 41.1 Å². The van der Waals surface area contributed by atoms with E-state index in [0.29, 0.717) is 49.5 Å². The Labute approximate surface area is 256 Å². The second kappa shape index (κ2) is 13.6. The van der Waals surface area contributed by atoms with Gasteiger partial charge in [-0.3, -0.25) is 19.2 Å². The first-order valence-corrected chi connectivity index (χ1v) is 13.8. The van der Waals surface area contributed by atoms with Gasteiger partial charge in [-0.25, -0.2) is 9.18 Å². The van der Waals surface area contributed by atoms with Crippen molar-refractivity contribution in [2.75, 3.05) is 31.6 Å². The number of likely N-dealkylation sites (N-methyl/N-ethyl adjacent to an activating group) is 1. The Kier molecular flexibility index (Phi) is 10.6. The number of carbonyl (C=O) groups is 5. The lowest BCUT2D eigenvalue weighted by molar-refractivity contribution is -0.170. The number of rotatable bonds is 10. The highest BCUT2D eigenvalue weighted by Gasteiger charge is 2.51. The van der Waals surface area contributed by atoms with Gasteiger partial charge in [0.25, 0.3) is 0 Å². The van der Waals surface area contributed by atoms with E-state index in [0.717, 1.165) is 11.3 Å². The first kappa shape index (κ1) is 34.2. The molecule has 4 rings (SSSR count). The smallest absolute Gasteiger partial charge is 0.336 e. The zero-order valence-electron chi connectivity index (χ0n) is 23.7. The molecule has 15 heteroatoms. The fourth-order valence-electron chi connectivity index (χ4n) is 5.59. The van der Waals surface area contributed by atoms with Crippen LogP contribution < -0.4 is 10.6 Å². The Morgan fingerprint density at radius 2 is 1.64 bits per heavy atom. The Bertz CT molecular complexity index is 1440. The summed E-state index contributed by atoms with van der Waals surface area (Å²) in [7, 11) is 1.72. The minimum Gasteiger partial charge on any atom is -0.508 e. The molecule has 0 radical (unpaired) electrons. The van der Waals surface area contributed by atoms with Crippen LogP contribution in [0.5, 0.6) is 5.75 Å². The van der Waals surface area contributed by atoms with Crippen molar-refractivity contribution in [3.63, 3.8) is 0 Å². The molecule has 2 aromatic rings. The molecule has 13 nitrogen and oxygen atoms in total. The average molecular weight is 638 g/mol. The van der Waals surface area contributed by atoms with Crippen LogP contribution in [0.25, 0.3) is 0 Å². The third-order valence-corrected chi connectivity index (χ3v) is 8.29. The van der Waals surface area contributed by atoms with E-state index in [9.17, 15) is 33.5 Å². The van der Waals surface area contributed by atoms with Crippen molar-refractivity contribution < 1.29 is 53.9 Å². The van der Waals surface area contributed by atoms with Crippen LogP contribution in [0.2, 0.25) is 5.02 Å². The zero-order chi connectivity index (χ0) is 33.0. The summed E-state index contributed by atoms with van der Waals surface area (Å²) in [5, 5.41) is 44.0. The number of anilines is 1. The molecule has 1 fully saturated rings. The van der Waals surface area contributed by atoms with Gasteiger partial charge in [0, 0.05) is 24.3 Å². The van der Waals surface area contributed by atoms with E-state index in [1.54, 1.807) is 30.1 Å². The van der Waals surface area contributed by atoms with E-state index in [1.807, 2.05) is 0 Å². The van der Waals surface area contributed by atoms with Crippen LogP contribution in [-0.2, 0) is 35.8 Å². The number of carboxylic acids is 3. The number of aromatic hydroxyl groups is 1. The first-order chi connectivity index (χ1) is 20.5. The molecule has 44 heavy (non-hydrogen) atoms. The predicted molar refractivity (Wildman–Crippen MR) is 154 cm³/mol. The van der Waals surface area contributed by atoms with Gasteiger partial charge in [-0.05, 0) is 79.9 Å². The number of likely N-dealkylation sites (tertiary alicyclic amines) is 1. The average Bonchev–Trinajstić information content (AvgIpc) is 3.12. The zero-order valence-corrected chi connectivity index (χ0v) is 24.5. The number of carbonyl (C=O) groups excluding carboxylic acids is 2. The third kappa shape index (κ3) is 7.62. The largest absolute Gasteiger partial charge is 0.508 e. The fraction of sp³-hybridized carbons (Fsp3) is 0.414. The number of aliphatic carboxylic acids is 3. The van der Waals surface area contributed by atoms with E-state index in [4.69, 9.17) is 37.8 Å². The van der Waals surface area contributed by atoms with Crippen LogP contribution in [0.4, 0.5) is 10.1 Å². The summed E-state index contributed by atoms with van der Waals surface area (Å²) >= 11 is 6.21. The van der Waals surface area contributed by atoms with Gasteiger partial charge in [-0.2, -0.15) is 0 Å². The van der Waals surface area contributed by atoms with Crippen molar-refractivity contribution >= 4 is 47.0 Å². The molecule has 2 aliphatic rings. The van der Waals surface area contributed by atoms with Crippen LogP contribution in [0.15, 0.2) is 36.4 Å². The minimum atomic E-state index is -2.74. The van der Waals surface area contributed by atoms with Gasteiger partial charge in [0.05, 0.1) is 24.2 Å². The lowest BCUT2D eigenvalue weighted by Crippen LogP contribution is -2.50. The molecule has 238 valence electrons. The van der Waals surface area contributed by atoms with Crippen molar-refractivity contribution in [2.24, 2.45) is 11.7 Å². The maximum absolute atomic E-state index is 13.9. The second-order valence-electron chi connectivity index (χ2n) is 11.0. The summed E-state index contributed by atoms with van der Waals surface area (Å²) in [4.78, 5) is 59.4. The maximum atomic E-state index is 13.9.